The van der Waals surface area contributed by atoms with Gasteiger partial charge in [-0.05, 0) is 51.9 Å². The molecule has 0 spiro atoms. The largest absolute Gasteiger partial charge is 1.00 e. The highest BCUT2D eigenvalue weighted by molar-refractivity contribution is 7.15. The molecule has 0 bridgehead atoms. The number of anilines is 2. The summed E-state index contributed by atoms with van der Waals surface area (Å²) in [4.78, 5) is 0. The Morgan fingerprint density at radius 2 is 1.46 bits per heavy atom. The van der Waals surface area contributed by atoms with Crippen LogP contribution in [0.25, 0.3) is 17.8 Å². The molecule has 1 aromatic heterocycles. The van der Waals surface area contributed by atoms with E-state index in [0.717, 1.165) is 27.1 Å². The Bertz CT molecular complexity index is 1050. The molecule has 0 saturated heterocycles. The van der Waals surface area contributed by atoms with Gasteiger partial charge in [-0.15, -0.1) is 0 Å². The molecular weight excluding hydrogens is 393 g/mol. The van der Waals surface area contributed by atoms with Crippen LogP contribution in [0.4, 0.5) is 15.2 Å². The van der Waals surface area contributed by atoms with Crippen molar-refractivity contribution in [2.45, 2.75) is 0 Å². The van der Waals surface area contributed by atoms with E-state index in [9.17, 15) is 4.39 Å². The molecule has 0 radical (unpaired) electrons. The van der Waals surface area contributed by atoms with Crippen LogP contribution >= 0.6 is 11.3 Å². The fourth-order valence-electron chi connectivity index (χ4n) is 2.60. The van der Waals surface area contributed by atoms with Crippen LogP contribution in [0.15, 0.2) is 84.9 Å². The summed E-state index contributed by atoms with van der Waals surface area (Å²) in [7, 11) is 0. The van der Waals surface area contributed by atoms with E-state index >= 15 is 0 Å². The number of benzene rings is 3. The minimum atomic E-state index is -0.265. The molecule has 1 heterocycles. The second-order valence-electron chi connectivity index (χ2n) is 5.87. The van der Waals surface area contributed by atoms with Gasteiger partial charge in [-0.3, -0.25) is 0 Å². The van der Waals surface area contributed by atoms with Crippen molar-refractivity contribution < 1.29 is 21.5 Å². The van der Waals surface area contributed by atoms with Crippen molar-refractivity contribution in [3.05, 3.63) is 101 Å². The van der Waals surface area contributed by atoms with Crippen molar-refractivity contribution in [1.29, 1.82) is 0 Å². The lowest BCUT2D eigenvalue weighted by molar-refractivity contribution is -0.654. The first-order valence-corrected chi connectivity index (χ1v) is 9.34. The second kappa shape index (κ2) is 9.26. The summed E-state index contributed by atoms with van der Waals surface area (Å²) in [6, 6.07) is 26.3. The zero-order valence-corrected chi connectivity index (χ0v) is 16.4. The predicted molar refractivity (Wildman–Crippen MR) is 109 cm³/mol. The number of para-hydroxylation sites is 1. The Labute approximate surface area is 173 Å². The number of aromatic nitrogens is 2. The maximum absolute atomic E-state index is 13.3. The van der Waals surface area contributed by atoms with E-state index in [4.69, 9.17) is 0 Å². The van der Waals surface area contributed by atoms with Crippen molar-refractivity contribution >= 4 is 34.3 Å². The first-order valence-electron chi connectivity index (χ1n) is 8.52. The van der Waals surface area contributed by atoms with Crippen LogP contribution in [-0.4, -0.2) is 5.10 Å². The molecule has 0 saturated carbocycles. The zero-order valence-electron chi connectivity index (χ0n) is 14.8. The van der Waals surface area contributed by atoms with Crippen molar-refractivity contribution in [3.63, 3.8) is 0 Å². The number of nitrogens with zero attached hydrogens (tertiary/aromatic N) is 2. The number of hydrogen-bond donors (Lipinski definition) is 1. The van der Waals surface area contributed by atoms with Gasteiger partial charge in [0.1, 0.15) is 5.82 Å². The van der Waals surface area contributed by atoms with Crippen LogP contribution in [0, 0.1) is 5.82 Å². The van der Waals surface area contributed by atoms with Gasteiger partial charge in [-0.25, -0.2) is 4.39 Å². The zero-order chi connectivity index (χ0) is 18.5. The van der Waals surface area contributed by atoms with Crippen molar-refractivity contribution in [2.75, 3.05) is 5.32 Å². The molecule has 4 rings (SSSR count). The van der Waals surface area contributed by atoms with Crippen LogP contribution in [0.1, 0.15) is 10.6 Å². The highest BCUT2D eigenvalue weighted by Crippen LogP contribution is 2.22. The molecule has 6 heteroatoms. The topological polar surface area (TPSA) is 28.8 Å². The highest BCUT2D eigenvalue weighted by atomic mass is 35.5. The van der Waals surface area contributed by atoms with E-state index in [2.05, 4.69) is 10.4 Å². The van der Waals surface area contributed by atoms with Gasteiger partial charge in [-0.2, -0.15) is 0 Å². The van der Waals surface area contributed by atoms with Gasteiger partial charge in [0.15, 0.2) is 0 Å². The Morgan fingerprint density at radius 1 is 0.821 bits per heavy atom. The smallest absolute Gasteiger partial charge is 0.297 e. The average Bonchev–Trinajstić information content (AvgIpc) is 3.11. The van der Waals surface area contributed by atoms with E-state index in [1.807, 2.05) is 77.5 Å². The third kappa shape index (κ3) is 4.82. The summed E-state index contributed by atoms with van der Waals surface area (Å²) in [5.74, 6) is -0.265. The maximum Gasteiger partial charge on any atom is 0.297 e. The van der Waals surface area contributed by atoms with E-state index in [0.29, 0.717) is 0 Å². The summed E-state index contributed by atoms with van der Waals surface area (Å²) >= 11 is 1.53. The molecule has 3 nitrogen and oxygen atoms in total. The minimum Gasteiger partial charge on any atom is -1.00 e. The lowest BCUT2D eigenvalue weighted by Crippen LogP contribution is -3.00. The van der Waals surface area contributed by atoms with Crippen molar-refractivity contribution in [2.24, 2.45) is 0 Å². The molecule has 0 amide bonds. The third-order valence-electron chi connectivity index (χ3n) is 3.92. The molecular formula is C22H17ClFN3S. The van der Waals surface area contributed by atoms with Crippen molar-refractivity contribution in [3.8, 4) is 5.69 Å². The van der Waals surface area contributed by atoms with Gasteiger partial charge >= 0.3 is 0 Å². The Balaban J connectivity index is 0.00000225. The molecule has 3 aromatic carbocycles. The van der Waals surface area contributed by atoms with Gasteiger partial charge in [0.05, 0.1) is 0 Å². The standard InChI is InChI=1S/C22H17FN3S.ClH/c23-18-12-14-20(15-13-18)26-21(16-11-17-7-3-1-4-8-17)27-22(25-26)24-19-9-5-2-6-10-19;/h1-16H,(H,24,25);1H/q+1;/p-1/b16-11+;. The third-order valence-corrected chi connectivity index (χ3v) is 4.81. The number of halogens is 2. The summed E-state index contributed by atoms with van der Waals surface area (Å²) in [6.07, 6.45) is 4.06. The van der Waals surface area contributed by atoms with Gasteiger partial charge in [0, 0.05) is 29.0 Å². The number of hydrogen-bond acceptors (Lipinski definition) is 3. The minimum absolute atomic E-state index is 0. The van der Waals surface area contributed by atoms with Crippen LogP contribution in [0.2, 0.25) is 0 Å². The molecule has 0 atom stereocenters. The van der Waals surface area contributed by atoms with E-state index in [-0.39, 0.29) is 18.2 Å². The molecule has 28 heavy (non-hydrogen) atoms. The van der Waals surface area contributed by atoms with Gasteiger partial charge in [-0.1, -0.05) is 48.5 Å². The molecule has 0 aliphatic rings. The Kier molecular flexibility index (Phi) is 6.53. The van der Waals surface area contributed by atoms with Crippen molar-refractivity contribution in [1.82, 2.24) is 5.10 Å². The lowest BCUT2D eigenvalue weighted by Gasteiger charge is -1.97. The first kappa shape index (κ1) is 19.7. The van der Waals surface area contributed by atoms with E-state index < -0.39 is 0 Å². The molecule has 0 fully saturated rings. The average molecular weight is 410 g/mol. The molecule has 1 N–H and O–H groups in total. The Morgan fingerprint density at radius 3 is 2.14 bits per heavy atom. The lowest BCUT2D eigenvalue weighted by atomic mass is 10.2. The number of nitrogens with one attached hydrogen (secondary N) is 1. The fourth-order valence-corrected chi connectivity index (χ4v) is 3.46. The van der Waals surface area contributed by atoms with Crippen LogP contribution in [0.3, 0.4) is 0 Å². The molecule has 0 unspecified atom stereocenters. The van der Waals surface area contributed by atoms with Crippen LogP contribution in [0.5, 0.6) is 0 Å². The number of rotatable bonds is 5. The summed E-state index contributed by atoms with van der Waals surface area (Å²) in [5.41, 5.74) is 2.88. The quantitative estimate of drug-likeness (QED) is 0.513. The molecule has 0 aliphatic carbocycles. The predicted octanol–water partition coefficient (Wildman–Crippen LogP) is 2.48. The fraction of sp³-hybridized carbons (Fsp3) is 0. The normalized spacial score (nSPS) is 10.6. The highest BCUT2D eigenvalue weighted by Gasteiger charge is 2.20. The molecule has 4 aromatic rings. The maximum atomic E-state index is 13.3. The van der Waals surface area contributed by atoms with Crippen LogP contribution in [-0.2, 0) is 0 Å². The summed E-state index contributed by atoms with van der Waals surface area (Å²) < 4.78 is 15.1. The Hall–Kier alpha value is -3.02. The first-order chi connectivity index (χ1) is 13.3. The summed E-state index contributed by atoms with van der Waals surface area (Å²) in [6.45, 7) is 0. The summed E-state index contributed by atoms with van der Waals surface area (Å²) in [5, 5.41) is 9.69. The van der Waals surface area contributed by atoms with Gasteiger partial charge in [0.2, 0.25) is 5.69 Å². The second-order valence-corrected chi connectivity index (χ2v) is 6.88. The molecule has 0 aliphatic heterocycles. The van der Waals surface area contributed by atoms with Gasteiger partial charge in [0.25, 0.3) is 10.1 Å². The molecule has 140 valence electrons. The van der Waals surface area contributed by atoms with Gasteiger partial charge < -0.3 is 17.7 Å². The SMILES string of the molecule is Fc1ccc(-[n+]2nc(Nc3ccccc3)sc2/C=C/c2ccccc2)cc1.[Cl-]. The van der Waals surface area contributed by atoms with E-state index in [1.165, 1.54) is 23.5 Å². The van der Waals surface area contributed by atoms with E-state index in [1.54, 1.807) is 12.1 Å². The van der Waals surface area contributed by atoms with Crippen LogP contribution < -0.4 is 22.4 Å². The monoisotopic (exact) mass is 409 g/mol.